The van der Waals surface area contributed by atoms with Gasteiger partial charge in [-0.3, -0.25) is 9.89 Å². The molecule has 2 N–H and O–H groups in total. The molecule has 1 aromatic carbocycles. The Balaban J connectivity index is 1.62. The fraction of sp³-hybridized carbons (Fsp3) is 0.611. The smallest absolute Gasteiger partial charge is 0.191 e. The second kappa shape index (κ2) is 9.53. The molecule has 1 fully saturated rings. The van der Waals surface area contributed by atoms with Crippen LogP contribution in [0, 0.1) is 0 Å². The van der Waals surface area contributed by atoms with Gasteiger partial charge < -0.3 is 15.4 Å². The summed E-state index contributed by atoms with van der Waals surface area (Å²) in [7, 11) is 1.81. The van der Waals surface area contributed by atoms with Crippen molar-refractivity contribution >= 4 is 5.96 Å². The van der Waals surface area contributed by atoms with Crippen LogP contribution in [0.4, 0.5) is 0 Å². The van der Waals surface area contributed by atoms with Gasteiger partial charge in [0, 0.05) is 39.8 Å². The van der Waals surface area contributed by atoms with Crippen molar-refractivity contribution < 1.29 is 4.74 Å². The number of nitrogens with one attached hydrogen (secondary N) is 2. The Morgan fingerprint density at radius 3 is 2.52 bits per heavy atom. The van der Waals surface area contributed by atoms with E-state index in [9.17, 15) is 0 Å². The largest absolute Gasteiger partial charge is 0.373 e. The first kappa shape index (κ1) is 17.8. The van der Waals surface area contributed by atoms with Crippen LogP contribution in [0.3, 0.4) is 0 Å². The highest BCUT2D eigenvalue weighted by molar-refractivity contribution is 5.79. The molecule has 2 atom stereocenters. The molecule has 0 aromatic heterocycles. The minimum atomic E-state index is 0.340. The van der Waals surface area contributed by atoms with Crippen LogP contribution in [0.15, 0.2) is 35.3 Å². The molecule has 0 bridgehead atoms. The summed E-state index contributed by atoms with van der Waals surface area (Å²) in [5.41, 5.74) is 1.26. The summed E-state index contributed by atoms with van der Waals surface area (Å²) in [5.74, 6) is 0.859. The predicted molar refractivity (Wildman–Crippen MR) is 95.7 cm³/mol. The number of guanidine groups is 1. The number of rotatable bonds is 6. The zero-order chi connectivity index (χ0) is 16.5. The van der Waals surface area contributed by atoms with Crippen molar-refractivity contribution in [2.45, 2.75) is 39.0 Å². The molecule has 23 heavy (non-hydrogen) atoms. The van der Waals surface area contributed by atoms with Gasteiger partial charge in [0.1, 0.15) is 0 Å². The van der Waals surface area contributed by atoms with E-state index in [0.717, 1.165) is 45.1 Å². The van der Waals surface area contributed by atoms with Crippen LogP contribution in [0.5, 0.6) is 0 Å². The summed E-state index contributed by atoms with van der Waals surface area (Å²) in [6, 6.07) is 10.4. The highest BCUT2D eigenvalue weighted by Gasteiger charge is 2.21. The summed E-state index contributed by atoms with van der Waals surface area (Å²) in [6.07, 6.45) is 1.78. The molecule has 2 unspecified atom stereocenters. The van der Waals surface area contributed by atoms with Crippen LogP contribution < -0.4 is 10.6 Å². The standard InChI is InChI=1S/C18H30N4O/c1-15-13-22(14-16(2)23-15)11-7-10-20-18(19-3)21-12-17-8-5-4-6-9-17/h4-6,8-9,15-16H,7,10-14H2,1-3H3,(H2,19,20,21). The van der Waals surface area contributed by atoms with E-state index in [0.29, 0.717) is 12.2 Å². The second-order valence-electron chi connectivity index (χ2n) is 6.21. The lowest BCUT2D eigenvalue weighted by atomic mass is 10.2. The first-order valence-corrected chi connectivity index (χ1v) is 8.53. The highest BCUT2D eigenvalue weighted by Crippen LogP contribution is 2.10. The van der Waals surface area contributed by atoms with E-state index in [1.807, 2.05) is 13.1 Å². The van der Waals surface area contributed by atoms with Gasteiger partial charge in [0.2, 0.25) is 0 Å². The third kappa shape index (κ3) is 6.59. The SMILES string of the molecule is CN=C(NCCCN1CC(C)OC(C)C1)NCc1ccccc1. The van der Waals surface area contributed by atoms with Crippen molar-refractivity contribution in [2.24, 2.45) is 4.99 Å². The molecule has 1 aliphatic rings. The Labute approximate surface area is 140 Å². The second-order valence-corrected chi connectivity index (χ2v) is 6.21. The average Bonchev–Trinajstić information content (AvgIpc) is 2.54. The minimum Gasteiger partial charge on any atom is -0.373 e. The molecule has 0 saturated carbocycles. The van der Waals surface area contributed by atoms with Crippen LogP contribution in [0.1, 0.15) is 25.8 Å². The van der Waals surface area contributed by atoms with E-state index in [-0.39, 0.29) is 0 Å². The first-order valence-electron chi connectivity index (χ1n) is 8.53. The van der Waals surface area contributed by atoms with E-state index in [2.05, 4.69) is 58.6 Å². The van der Waals surface area contributed by atoms with Gasteiger partial charge in [-0.25, -0.2) is 0 Å². The zero-order valence-electron chi connectivity index (χ0n) is 14.6. The Hall–Kier alpha value is -1.59. The molecule has 1 aliphatic heterocycles. The van der Waals surface area contributed by atoms with Gasteiger partial charge in [-0.15, -0.1) is 0 Å². The molecular weight excluding hydrogens is 288 g/mol. The molecule has 5 nitrogen and oxygen atoms in total. The zero-order valence-corrected chi connectivity index (χ0v) is 14.6. The number of hydrogen-bond acceptors (Lipinski definition) is 3. The molecular formula is C18H30N4O. The lowest BCUT2D eigenvalue weighted by Gasteiger charge is -2.35. The normalized spacial score (nSPS) is 22.8. The van der Waals surface area contributed by atoms with Gasteiger partial charge in [-0.05, 0) is 25.8 Å². The number of hydrogen-bond donors (Lipinski definition) is 2. The van der Waals surface area contributed by atoms with Crippen LogP contribution >= 0.6 is 0 Å². The Morgan fingerprint density at radius 2 is 1.87 bits per heavy atom. The molecule has 0 spiro atoms. The van der Waals surface area contributed by atoms with E-state index in [1.54, 1.807) is 0 Å². The fourth-order valence-corrected chi connectivity index (χ4v) is 2.98. The molecule has 0 amide bonds. The van der Waals surface area contributed by atoms with Gasteiger partial charge in [0.05, 0.1) is 12.2 Å². The summed E-state index contributed by atoms with van der Waals surface area (Å²) in [6.45, 7) is 9.18. The van der Waals surface area contributed by atoms with E-state index in [1.165, 1.54) is 5.56 Å². The number of ether oxygens (including phenoxy) is 1. The third-order valence-electron chi connectivity index (χ3n) is 3.97. The van der Waals surface area contributed by atoms with Crippen LogP contribution in [-0.2, 0) is 11.3 Å². The van der Waals surface area contributed by atoms with Crippen LogP contribution in [-0.4, -0.2) is 56.3 Å². The van der Waals surface area contributed by atoms with Crippen molar-refractivity contribution in [2.75, 3.05) is 33.2 Å². The Morgan fingerprint density at radius 1 is 1.17 bits per heavy atom. The first-order chi connectivity index (χ1) is 11.2. The monoisotopic (exact) mass is 318 g/mol. The summed E-state index contributed by atoms with van der Waals surface area (Å²) < 4.78 is 5.77. The maximum atomic E-state index is 5.77. The number of aliphatic imine (C=N–C) groups is 1. The highest BCUT2D eigenvalue weighted by atomic mass is 16.5. The molecule has 2 rings (SSSR count). The van der Waals surface area contributed by atoms with Gasteiger partial charge in [-0.2, -0.15) is 0 Å². The lowest BCUT2D eigenvalue weighted by Crippen LogP contribution is -2.46. The van der Waals surface area contributed by atoms with E-state index >= 15 is 0 Å². The number of morpholine rings is 1. The van der Waals surface area contributed by atoms with Gasteiger partial charge >= 0.3 is 0 Å². The predicted octanol–water partition coefficient (Wildman–Crippen LogP) is 1.85. The lowest BCUT2D eigenvalue weighted by molar-refractivity contribution is -0.0679. The molecule has 1 saturated heterocycles. The van der Waals surface area contributed by atoms with Crippen molar-refractivity contribution in [1.82, 2.24) is 15.5 Å². The van der Waals surface area contributed by atoms with E-state index < -0.39 is 0 Å². The number of benzene rings is 1. The average molecular weight is 318 g/mol. The van der Waals surface area contributed by atoms with Crippen molar-refractivity contribution in [3.63, 3.8) is 0 Å². The maximum absolute atomic E-state index is 5.77. The van der Waals surface area contributed by atoms with Crippen LogP contribution in [0.25, 0.3) is 0 Å². The van der Waals surface area contributed by atoms with Gasteiger partial charge in [0.15, 0.2) is 5.96 Å². The third-order valence-corrected chi connectivity index (χ3v) is 3.97. The van der Waals surface area contributed by atoms with Gasteiger partial charge in [0.25, 0.3) is 0 Å². The number of nitrogens with zero attached hydrogens (tertiary/aromatic N) is 2. The Bertz CT molecular complexity index is 467. The topological polar surface area (TPSA) is 48.9 Å². The molecule has 5 heteroatoms. The van der Waals surface area contributed by atoms with Crippen molar-refractivity contribution in [3.05, 3.63) is 35.9 Å². The molecule has 1 aromatic rings. The molecule has 128 valence electrons. The molecule has 0 aliphatic carbocycles. The summed E-state index contributed by atoms with van der Waals surface area (Å²) >= 11 is 0. The maximum Gasteiger partial charge on any atom is 0.191 e. The summed E-state index contributed by atoms with van der Waals surface area (Å²) in [5, 5.41) is 6.73. The van der Waals surface area contributed by atoms with Gasteiger partial charge in [-0.1, -0.05) is 30.3 Å². The fourth-order valence-electron chi connectivity index (χ4n) is 2.98. The van der Waals surface area contributed by atoms with Crippen molar-refractivity contribution in [1.29, 1.82) is 0 Å². The van der Waals surface area contributed by atoms with Crippen LogP contribution in [0.2, 0.25) is 0 Å². The summed E-state index contributed by atoms with van der Waals surface area (Å²) in [4.78, 5) is 6.76. The quantitative estimate of drug-likeness (QED) is 0.477. The molecule has 1 heterocycles. The molecule has 0 radical (unpaired) electrons. The van der Waals surface area contributed by atoms with Crippen molar-refractivity contribution in [3.8, 4) is 0 Å². The minimum absolute atomic E-state index is 0.340. The Kier molecular flexibility index (Phi) is 7.36. The van der Waals surface area contributed by atoms with E-state index in [4.69, 9.17) is 4.74 Å².